The number of benzene rings is 2. The molecule has 0 spiro atoms. The van der Waals surface area contributed by atoms with Gasteiger partial charge < -0.3 is 9.64 Å². The second kappa shape index (κ2) is 8.02. The highest BCUT2D eigenvalue weighted by atomic mass is 16.5. The van der Waals surface area contributed by atoms with Crippen LogP contribution in [0.15, 0.2) is 48.7 Å². The fraction of sp³-hybridized carbons (Fsp3) is 0.409. The van der Waals surface area contributed by atoms with E-state index in [4.69, 9.17) is 4.74 Å². The SMILES string of the molecule is CN(CCC1CCOCC1)Cc1cn[nH]c1-c1cccc2ccccc12. The number of rotatable bonds is 6. The number of fused-ring (bicyclic) bond motifs is 1. The second-order valence-electron chi connectivity index (χ2n) is 7.38. The Kier molecular flexibility index (Phi) is 5.32. The quantitative estimate of drug-likeness (QED) is 0.713. The van der Waals surface area contributed by atoms with Crippen LogP contribution in [0.3, 0.4) is 0 Å². The maximum Gasteiger partial charge on any atom is 0.0701 e. The predicted molar refractivity (Wildman–Crippen MR) is 106 cm³/mol. The van der Waals surface area contributed by atoms with Gasteiger partial charge in [0.15, 0.2) is 0 Å². The first-order valence-corrected chi connectivity index (χ1v) is 9.58. The van der Waals surface area contributed by atoms with E-state index >= 15 is 0 Å². The molecular formula is C22H27N3O. The lowest BCUT2D eigenvalue weighted by Crippen LogP contribution is -2.24. The third-order valence-corrected chi connectivity index (χ3v) is 5.48. The Balaban J connectivity index is 1.48. The van der Waals surface area contributed by atoms with Crippen molar-refractivity contribution in [2.45, 2.75) is 25.8 Å². The number of hydrogen-bond donors (Lipinski definition) is 1. The summed E-state index contributed by atoms with van der Waals surface area (Å²) >= 11 is 0. The lowest BCUT2D eigenvalue weighted by Gasteiger charge is -2.24. The minimum Gasteiger partial charge on any atom is -0.381 e. The van der Waals surface area contributed by atoms with E-state index < -0.39 is 0 Å². The Morgan fingerprint density at radius 3 is 2.81 bits per heavy atom. The van der Waals surface area contributed by atoms with Gasteiger partial charge in [0.25, 0.3) is 0 Å². The van der Waals surface area contributed by atoms with Gasteiger partial charge in [-0.25, -0.2) is 0 Å². The molecule has 1 N–H and O–H groups in total. The van der Waals surface area contributed by atoms with Crippen LogP contribution in [0.2, 0.25) is 0 Å². The van der Waals surface area contributed by atoms with Gasteiger partial charge in [-0.3, -0.25) is 5.10 Å². The fourth-order valence-electron chi connectivity index (χ4n) is 3.92. The Bertz CT molecular complexity index is 846. The third-order valence-electron chi connectivity index (χ3n) is 5.48. The Hall–Kier alpha value is -2.17. The van der Waals surface area contributed by atoms with Crippen LogP contribution in [-0.2, 0) is 11.3 Å². The topological polar surface area (TPSA) is 41.1 Å². The van der Waals surface area contributed by atoms with Crippen LogP contribution in [0, 0.1) is 5.92 Å². The molecule has 2 heterocycles. The van der Waals surface area contributed by atoms with Crippen LogP contribution in [0.25, 0.3) is 22.0 Å². The lowest BCUT2D eigenvalue weighted by molar-refractivity contribution is 0.0608. The summed E-state index contributed by atoms with van der Waals surface area (Å²) in [6, 6.07) is 15.0. The molecule has 0 amide bonds. The van der Waals surface area contributed by atoms with Crippen LogP contribution in [0.1, 0.15) is 24.8 Å². The molecule has 3 aromatic rings. The van der Waals surface area contributed by atoms with Crippen LogP contribution in [0.5, 0.6) is 0 Å². The number of ether oxygens (including phenoxy) is 1. The highest BCUT2D eigenvalue weighted by Crippen LogP contribution is 2.30. The van der Waals surface area contributed by atoms with Crippen molar-refractivity contribution in [3.8, 4) is 11.3 Å². The van der Waals surface area contributed by atoms with Gasteiger partial charge in [-0.1, -0.05) is 42.5 Å². The van der Waals surface area contributed by atoms with E-state index in [9.17, 15) is 0 Å². The molecule has 0 bridgehead atoms. The Morgan fingerprint density at radius 2 is 1.92 bits per heavy atom. The molecule has 0 atom stereocenters. The van der Waals surface area contributed by atoms with Crippen molar-refractivity contribution in [1.29, 1.82) is 0 Å². The van der Waals surface area contributed by atoms with E-state index in [-0.39, 0.29) is 0 Å². The van der Waals surface area contributed by atoms with Gasteiger partial charge in [-0.05, 0) is 49.5 Å². The van der Waals surface area contributed by atoms with Crippen molar-refractivity contribution in [2.24, 2.45) is 5.92 Å². The van der Waals surface area contributed by atoms with Gasteiger partial charge in [0, 0.05) is 30.9 Å². The van der Waals surface area contributed by atoms with Gasteiger partial charge in [-0.2, -0.15) is 5.10 Å². The van der Waals surface area contributed by atoms with Gasteiger partial charge in [0.05, 0.1) is 11.9 Å². The Labute approximate surface area is 155 Å². The summed E-state index contributed by atoms with van der Waals surface area (Å²) in [4.78, 5) is 2.41. The molecule has 1 fully saturated rings. The number of nitrogens with one attached hydrogen (secondary N) is 1. The summed E-state index contributed by atoms with van der Waals surface area (Å²) in [5, 5.41) is 10.1. The number of aromatic amines is 1. The molecule has 1 saturated heterocycles. The zero-order valence-corrected chi connectivity index (χ0v) is 15.4. The molecule has 2 aromatic carbocycles. The van der Waals surface area contributed by atoms with Gasteiger partial charge in [0.1, 0.15) is 0 Å². The zero-order chi connectivity index (χ0) is 17.8. The average Bonchev–Trinajstić information content (AvgIpc) is 3.14. The van der Waals surface area contributed by atoms with E-state index in [0.29, 0.717) is 0 Å². The molecule has 4 rings (SSSR count). The number of hydrogen-bond acceptors (Lipinski definition) is 3. The van der Waals surface area contributed by atoms with Crippen LogP contribution >= 0.6 is 0 Å². The number of aromatic nitrogens is 2. The van der Waals surface area contributed by atoms with Gasteiger partial charge in [0.2, 0.25) is 0 Å². The van der Waals surface area contributed by atoms with Crippen molar-refractivity contribution in [3.05, 3.63) is 54.2 Å². The normalized spacial score (nSPS) is 15.8. The molecule has 1 aliphatic rings. The van der Waals surface area contributed by atoms with Crippen LogP contribution in [0.4, 0.5) is 0 Å². The maximum absolute atomic E-state index is 5.47. The molecule has 0 unspecified atom stereocenters. The van der Waals surface area contributed by atoms with E-state index in [2.05, 4.69) is 64.6 Å². The summed E-state index contributed by atoms with van der Waals surface area (Å²) in [7, 11) is 2.21. The Morgan fingerprint density at radius 1 is 1.12 bits per heavy atom. The standard InChI is InChI=1S/C22H27N3O/c1-25(12-9-17-10-13-26-14-11-17)16-19-15-23-24-22(19)21-8-4-6-18-5-2-3-7-20(18)21/h2-8,15,17H,9-14,16H2,1H3,(H,23,24). The first-order valence-electron chi connectivity index (χ1n) is 9.58. The molecule has 0 radical (unpaired) electrons. The summed E-state index contributed by atoms with van der Waals surface area (Å²) in [5.41, 5.74) is 3.63. The van der Waals surface area contributed by atoms with E-state index in [0.717, 1.165) is 37.9 Å². The number of H-pyrrole nitrogens is 1. The smallest absolute Gasteiger partial charge is 0.0701 e. The molecule has 26 heavy (non-hydrogen) atoms. The van der Waals surface area contributed by atoms with Crippen LogP contribution in [-0.4, -0.2) is 41.9 Å². The fourth-order valence-corrected chi connectivity index (χ4v) is 3.92. The average molecular weight is 349 g/mol. The van der Waals surface area contributed by atoms with E-state index in [1.807, 2.05) is 6.20 Å². The molecule has 1 aliphatic heterocycles. The van der Waals surface area contributed by atoms with E-state index in [1.165, 1.54) is 41.2 Å². The maximum atomic E-state index is 5.47. The van der Waals surface area contributed by atoms with Crippen molar-refractivity contribution in [1.82, 2.24) is 15.1 Å². The molecule has 0 aliphatic carbocycles. The van der Waals surface area contributed by atoms with Gasteiger partial charge in [-0.15, -0.1) is 0 Å². The third kappa shape index (κ3) is 3.81. The summed E-state index contributed by atoms with van der Waals surface area (Å²) in [5.74, 6) is 0.813. The zero-order valence-electron chi connectivity index (χ0n) is 15.4. The summed E-state index contributed by atoms with van der Waals surface area (Å²) < 4.78 is 5.47. The minimum atomic E-state index is 0.813. The highest BCUT2D eigenvalue weighted by molar-refractivity contribution is 5.96. The molecule has 4 nitrogen and oxygen atoms in total. The second-order valence-corrected chi connectivity index (χ2v) is 7.38. The first kappa shape index (κ1) is 17.3. The minimum absolute atomic E-state index is 0.813. The largest absolute Gasteiger partial charge is 0.381 e. The number of nitrogens with zero attached hydrogens (tertiary/aromatic N) is 2. The molecule has 136 valence electrons. The molecule has 0 saturated carbocycles. The molecule has 4 heteroatoms. The first-order chi connectivity index (χ1) is 12.8. The van der Waals surface area contributed by atoms with Crippen molar-refractivity contribution < 1.29 is 4.74 Å². The van der Waals surface area contributed by atoms with Crippen molar-refractivity contribution in [2.75, 3.05) is 26.8 Å². The monoisotopic (exact) mass is 349 g/mol. The van der Waals surface area contributed by atoms with Crippen molar-refractivity contribution in [3.63, 3.8) is 0 Å². The lowest BCUT2D eigenvalue weighted by atomic mass is 9.96. The summed E-state index contributed by atoms with van der Waals surface area (Å²) in [6.45, 7) is 3.89. The van der Waals surface area contributed by atoms with Gasteiger partial charge >= 0.3 is 0 Å². The predicted octanol–water partition coefficient (Wildman–Crippen LogP) is 4.48. The van der Waals surface area contributed by atoms with E-state index in [1.54, 1.807) is 0 Å². The molecular weight excluding hydrogens is 322 g/mol. The van der Waals surface area contributed by atoms with Crippen LogP contribution < -0.4 is 0 Å². The molecule has 1 aromatic heterocycles. The van der Waals surface area contributed by atoms with Crippen molar-refractivity contribution >= 4 is 10.8 Å². The highest BCUT2D eigenvalue weighted by Gasteiger charge is 2.16. The summed E-state index contributed by atoms with van der Waals surface area (Å²) in [6.07, 6.45) is 5.64.